The third-order valence-electron chi connectivity index (χ3n) is 17.5. The molecule has 0 saturated heterocycles. The topological polar surface area (TPSA) is 138 Å². The van der Waals surface area contributed by atoms with Gasteiger partial charge in [-0.3, -0.25) is 4.79 Å². The number of allylic oxidation sites excluding steroid dienone is 10. The molecule has 3 unspecified atom stereocenters. The van der Waals surface area contributed by atoms with E-state index >= 15 is 0 Å². The summed E-state index contributed by atoms with van der Waals surface area (Å²) in [4.78, 5) is 39.7. The Hall–Kier alpha value is -5.85. The van der Waals surface area contributed by atoms with Crippen LogP contribution in [0.2, 0.25) is 0 Å². The van der Waals surface area contributed by atoms with Gasteiger partial charge >= 0.3 is 12.2 Å². The summed E-state index contributed by atoms with van der Waals surface area (Å²) in [5.41, 5.74) is 13.8. The minimum Gasteiger partial charge on any atom is -0.444 e. The van der Waals surface area contributed by atoms with Crippen molar-refractivity contribution in [1.29, 1.82) is 0 Å². The van der Waals surface area contributed by atoms with Crippen LogP contribution >= 0.6 is 0 Å². The highest BCUT2D eigenvalue weighted by Crippen LogP contribution is 2.53. The van der Waals surface area contributed by atoms with Crippen LogP contribution in [0.4, 0.5) is 9.59 Å². The van der Waals surface area contributed by atoms with E-state index in [1.54, 1.807) is 0 Å². The lowest BCUT2D eigenvalue weighted by atomic mass is 10.1. The summed E-state index contributed by atoms with van der Waals surface area (Å²) in [5.74, 6) is 1.61. The van der Waals surface area contributed by atoms with Gasteiger partial charge in [-0.1, -0.05) is 157 Å². The van der Waals surface area contributed by atoms with Crippen molar-refractivity contribution in [3.05, 3.63) is 179 Å². The maximum absolute atomic E-state index is 13.1. The number of nitrogens with zero attached hydrogens (tertiary/aromatic N) is 2. The Morgan fingerprint density at radius 2 is 0.975 bits per heavy atom. The monoisotopic (exact) mass is 1100 g/mol. The van der Waals surface area contributed by atoms with Gasteiger partial charge in [-0.15, -0.1) is 0 Å². The fraction of sp³-hybridized carbons (Fsp3) is 0.529. The molecule has 0 aliphatic heterocycles. The number of amides is 2. The molecule has 6 saturated carbocycles. The van der Waals surface area contributed by atoms with E-state index in [9.17, 15) is 14.4 Å². The maximum Gasteiger partial charge on any atom is 0.410 e. The van der Waals surface area contributed by atoms with Crippen LogP contribution in [-0.2, 0) is 14.3 Å². The predicted octanol–water partition coefficient (Wildman–Crippen LogP) is 13.0. The van der Waals surface area contributed by atoms with Crippen molar-refractivity contribution in [2.24, 2.45) is 22.0 Å². The van der Waals surface area contributed by atoms with E-state index in [2.05, 4.69) is 131 Å². The molecule has 0 bridgehead atoms. The smallest absolute Gasteiger partial charge is 0.410 e. The van der Waals surface area contributed by atoms with Crippen molar-refractivity contribution in [3.63, 3.8) is 0 Å². The molecular formula is C70H94N6O5. The van der Waals surface area contributed by atoms with Crippen LogP contribution in [0.1, 0.15) is 153 Å². The van der Waals surface area contributed by atoms with Gasteiger partial charge in [0.15, 0.2) is 0 Å². The highest BCUT2D eigenvalue weighted by atomic mass is 16.6. The third-order valence-corrected chi connectivity index (χ3v) is 17.5. The summed E-state index contributed by atoms with van der Waals surface area (Å²) < 4.78 is 11.4. The number of nitrogens with one attached hydrogen (secondary N) is 3. The Balaban J connectivity index is 0.000000139. The average Bonchev–Trinajstić information content (AvgIpc) is 4.20. The molecule has 2 amide bonds. The van der Waals surface area contributed by atoms with Gasteiger partial charge in [-0.25, -0.2) is 9.59 Å². The summed E-state index contributed by atoms with van der Waals surface area (Å²) in [6.07, 6.45) is 33.1. The molecule has 9 aliphatic carbocycles. The summed E-state index contributed by atoms with van der Waals surface area (Å²) in [6, 6.07) is 33.2. The van der Waals surface area contributed by atoms with E-state index in [1.807, 2.05) is 81.7 Å². The highest BCUT2D eigenvalue weighted by molar-refractivity contribution is 5.75. The Kier molecular flexibility index (Phi) is 19.6. The molecule has 11 nitrogen and oxygen atoms in total. The summed E-state index contributed by atoms with van der Waals surface area (Å²) in [5, 5.41) is 11.1. The van der Waals surface area contributed by atoms with Gasteiger partial charge in [-0.05, 0) is 153 Å². The molecule has 0 radical (unpaired) electrons. The normalized spacial score (nSPS) is 24.7. The molecule has 0 heterocycles. The van der Waals surface area contributed by atoms with E-state index in [-0.39, 0.29) is 35.1 Å². The molecule has 3 aromatic carbocycles. The average molecular weight is 1100 g/mol. The molecule has 0 spiro atoms. The third kappa shape index (κ3) is 18.3. The number of ether oxygens (including phenoxy) is 2. The largest absolute Gasteiger partial charge is 0.444 e. The quantitative estimate of drug-likeness (QED) is 0.0725. The second-order valence-corrected chi connectivity index (χ2v) is 26.9. The van der Waals surface area contributed by atoms with Crippen molar-refractivity contribution in [1.82, 2.24) is 25.8 Å². The molecule has 12 rings (SSSR count). The van der Waals surface area contributed by atoms with E-state index in [0.717, 1.165) is 95.4 Å². The lowest BCUT2D eigenvalue weighted by molar-refractivity contribution is -0.104. The van der Waals surface area contributed by atoms with E-state index in [4.69, 9.17) is 15.2 Å². The zero-order valence-corrected chi connectivity index (χ0v) is 49.6. The van der Waals surface area contributed by atoms with Crippen LogP contribution in [-0.4, -0.2) is 110 Å². The number of benzene rings is 3. The van der Waals surface area contributed by atoms with Gasteiger partial charge in [0.2, 0.25) is 0 Å². The molecule has 6 atom stereocenters. The van der Waals surface area contributed by atoms with Crippen LogP contribution in [0.3, 0.4) is 0 Å². The first-order valence-corrected chi connectivity index (χ1v) is 30.5. The molecule has 434 valence electrons. The SMILES string of the molecule is C1=CCC(CNCC2(CN[C@H]3CC3c3ccccc3)CC2)=C1.CC(C)(C)OC(=O)N(CC1(CN)CC1)[C@H]1CC1c1ccccc1.CC(C)(C)OC(=O)N(CC1(CNCC2=CC=CC2)CC1)[C@H]1CC1c1ccccc1.O=CC1=CC=CC1. The lowest BCUT2D eigenvalue weighted by Gasteiger charge is -2.31. The Bertz CT molecular complexity index is 2760. The number of carbonyl (C=O) groups is 3. The molecule has 3 aromatic rings. The Morgan fingerprint density at radius 1 is 0.556 bits per heavy atom. The van der Waals surface area contributed by atoms with Crippen LogP contribution in [0.25, 0.3) is 0 Å². The van der Waals surface area contributed by atoms with Gasteiger partial charge in [0.05, 0.1) is 0 Å². The molecule has 81 heavy (non-hydrogen) atoms. The lowest BCUT2D eigenvalue weighted by Crippen LogP contribution is -2.44. The number of carbonyl (C=O) groups excluding carboxylic acids is 3. The first-order valence-electron chi connectivity index (χ1n) is 30.5. The van der Waals surface area contributed by atoms with Gasteiger partial charge in [0.1, 0.15) is 17.5 Å². The van der Waals surface area contributed by atoms with E-state index in [0.29, 0.717) is 29.8 Å². The number of nitrogens with two attached hydrogens (primary N) is 1. The summed E-state index contributed by atoms with van der Waals surface area (Å²) in [6.45, 7) is 19.1. The predicted molar refractivity (Wildman–Crippen MR) is 328 cm³/mol. The van der Waals surface area contributed by atoms with Gasteiger partial charge in [-0.2, -0.15) is 0 Å². The maximum atomic E-state index is 13.1. The first kappa shape index (κ1) is 59.8. The minimum absolute atomic E-state index is 0.126. The van der Waals surface area contributed by atoms with E-state index in [1.165, 1.54) is 73.0 Å². The van der Waals surface area contributed by atoms with Crippen molar-refractivity contribution in [2.75, 3.05) is 52.4 Å². The zero-order valence-electron chi connectivity index (χ0n) is 49.6. The van der Waals surface area contributed by atoms with E-state index < -0.39 is 11.2 Å². The molecule has 0 aromatic heterocycles. The minimum atomic E-state index is -0.469. The number of rotatable bonds is 22. The van der Waals surface area contributed by atoms with Crippen molar-refractivity contribution in [3.8, 4) is 0 Å². The number of hydrogen-bond acceptors (Lipinski definition) is 9. The van der Waals surface area contributed by atoms with Crippen LogP contribution in [0, 0.1) is 16.2 Å². The molecule has 6 fully saturated rings. The highest BCUT2D eigenvalue weighted by Gasteiger charge is 2.53. The van der Waals surface area contributed by atoms with Crippen LogP contribution < -0.4 is 21.7 Å². The van der Waals surface area contributed by atoms with Crippen molar-refractivity contribution in [2.45, 2.75) is 166 Å². The number of aldehydes is 1. The second kappa shape index (κ2) is 26.6. The fourth-order valence-electron chi connectivity index (χ4n) is 11.5. The molecule has 5 N–H and O–H groups in total. The Labute approximate surface area is 485 Å². The second-order valence-electron chi connectivity index (χ2n) is 26.9. The number of hydrogen-bond donors (Lipinski definition) is 4. The summed E-state index contributed by atoms with van der Waals surface area (Å²) >= 11 is 0. The molecule has 11 heteroatoms. The van der Waals surface area contributed by atoms with Crippen LogP contribution in [0.5, 0.6) is 0 Å². The fourth-order valence-corrected chi connectivity index (χ4v) is 11.5. The van der Waals surface area contributed by atoms with Crippen molar-refractivity contribution < 1.29 is 23.9 Å². The molecule has 9 aliphatic rings. The van der Waals surface area contributed by atoms with Crippen molar-refractivity contribution >= 4 is 18.5 Å². The van der Waals surface area contributed by atoms with Gasteiger partial charge in [0, 0.05) is 92.5 Å². The standard InChI is InChI=1S/C25H34N2O2.C20H26N2.C19H28N2O2.C6H6O/c1-24(2,3)29-23(28)27(22-15-21(22)20-11-5-4-6-12-20)18-25(13-14-25)17-26-16-19-9-7-8-10-19;1-2-8-17(9-3-1)18-12-19(18)22-15-20(10-11-20)14-21-13-16-6-4-5-7-16;1-18(2,3)23-17(22)21(13-19(12-20)9-10-19)16-11-15(16)14-7-5-4-6-8-14;7-5-6-3-1-2-4-6/h4-9,11-12,21-22,26H,10,13-18H2,1-3H3;1-6,8-9,18-19,21-22H,7,10-15H2;4-8,15-16H,9-13,20H2,1-3H3;1-3,5H,4H2/t21?,22-;18?,19-;15?,16-;/m000./s1. The summed E-state index contributed by atoms with van der Waals surface area (Å²) in [7, 11) is 0. The Morgan fingerprint density at radius 3 is 1.35 bits per heavy atom. The van der Waals surface area contributed by atoms with Gasteiger partial charge < -0.3 is 41.0 Å². The van der Waals surface area contributed by atoms with Crippen LogP contribution in [0.15, 0.2) is 162 Å². The van der Waals surface area contributed by atoms with Gasteiger partial charge in [0.25, 0.3) is 0 Å². The first-order chi connectivity index (χ1) is 39.0. The molecular weight excluding hydrogens is 1000 g/mol. The zero-order chi connectivity index (χ0) is 57.1.